The summed E-state index contributed by atoms with van der Waals surface area (Å²) in [5.41, 5.74) is 1.91. The van der Waals surface area contributed by atoms with E-state index in [1.54, 1.807) is 54.6 Å². The van der Waals surface area contributed by atoms with E-state index in [9.17, 15) is 18.0 Å². The summed E-state index contributed by atoms with van der Waals surface area (Å²) in [7, 11) is -3.73. The molecule has 0 fully saturated rings. The number of carbonyl (C=O) groups excluding carboxylic acids is 2. The van der Waals surface area contributed by atoms with Gasteiger partial charge in [0.2, 0.25) is 15.9 Å². The first-order valence-electron chi connectivity index (χ1n) is 10.5. The Hall–Kier alpha value is -3.65. The minimum absolute atomic E-state index is 0.236. The van der Waals surface area contributed by atoms with E-state index in [1.807, 2.05) is 37.3 Å². The maximum atomic E-state index is 13.0. The van der Waals surface area contributed by atoms with Crippen molar-refractivity contribution in [1.29, 1.82) is 0 Å². The number of nitrogens with zero attached hydrogens (tertiary/aromatic N) is 1. The van der Waals surface area contributed by atoms with Crippen molar-refractivity contribution in [3.8, 4) is 0 Å². The van der Waals surface area contributed by atoms with E-state index in [0.29, 0.717) is 11.4 Å². The Morgan fingerprint density at radius 1 is 0.818 bits per heavy atom. The van der Waals surface area contributed by atoms with Crippen molar-refractivity contribution >= 4 is 33.2 Å². The average Bonchev–Trinajstić information content (AvgIpc) is 2.79. The van der Waals surface area contributed by atoms with Gasteiger partial charge < -0.3 is 10.6 Å². The van der Waals surface area contributed by atoms with Crippen LogP contribution in [0.4, 0.5) is 11.4 Å². The molecule has 2 unspecified atom stereocenters. The highest BCUT2D eigenvalue weighted by Crippen LogP contribution is 2.23. The summed E-state index contributed by atoms with van der Waals surface area (Å²) in [6.07, 6.45) is 1.05. The third-order valence-corrected chi connectivity index (χ3v) is 6.42. The quantitative estimate of drug-likeness (QED) is 0.526. The Morgan fingerprint density at radius 2 is 1.36 bits per heavy atom. The molecule has 172 valence electrons. The van der Waals surface area contributed by atoms with Gasteiger partial charge in [0.1, 0.15) is 6.04 Å². The first-order chi connectivity index (χ1) is 15.7. The summed E-state index contributed by atoms with van der Waals surface area (Å²) in [5.74, 6) is -0.904. The van der Waals surface area contributed by atoms with Crippen molar-refractivity contribution in [2.24, 2.45) is 0 Å². The van der Waals surface area contributed by atoms with Crippen LogP contribution in [-0.4, -0.2) is 32.5 Å². The number of nitrogens with one attached hydrogen (secondary N) is 2. The number of hydrogen-bond donors (Lipinski definition) is 2. The number of anilines is 2. The summed E-state index contributed by atoms with van der Waals surface area (Å²) in [6, 6.07) is 23.3. The highest BCUT2D eigenvalue weighted by atomic mass is 32.2. The van der Waals surface area contributed by atoms with Crippen LogP contribution in [0.5, 0.6) is 0 Å². The number of sulfonamides is 1. The molecule has 0 aliphatic rings. The van der Waals surface area contributed by atoms with Gasteiger partial charge in [0.25, 0.3) is 5.91 Å². The smallest absolute Gasteiger partial charge is 0.253 e. The molecule has 33 heavy (non-hydrogen) atoms. The third kappa shape index (κ3) is 5.98. The van der Waals surface area contributed by atoms with E-state index in [1.165, 1.54) is 6.92 Å². The van der Waals surface area contributed by atoms with E-state index in [-0.39, 0.29) is 17.5 Å². The van der Waals surface area contributed by atoms with Crippen LogP contribution in [0.15, 0.2) is 84.9 Å². The van der Waals surface area contributed by atoms with Gasteiger partial charge in [-0.3, -0.25) is 13.9 Å². The Kier molecular flexibility index (Phi) is 7.50. The Morgan fingerprint density at radius 3 is 1.97 bits per heavy atom. The molecule has 8 heteroatoms. The lowest BCUT2D eigenvalue weighted by molar-refractivity contribution is -0.116. The van der Waals surface area contributed by atoms with E-state index in [2.05, 4.69) is 10.6 Å². The number of rotatable bonds is 8. The Bertz CT molecular complexity index is 1210. The minimum atomic E-state index is -3.73. The molecule has 0 aliphatic carbocycles. The zero-order chi connectivity index (χ0) is 24.0. The number of carbonyl (C=O) groups is 2. The number of para-hydroxylation sites is 2. The molecule has 0 saturated carbocycles. The standard InChI is InChI=1S/C25H27N3O4S/c1-18(20-12-6-4-7-13-20)26-25(30)22-16-10-11-17-23(22)27-24(29)19(2)28(33(3,31)32)21-14-8-5-9-15-21/h4-19H,1-3H3,(H,26,30)(H,27,29). The van der Waals surface area contributed by atoms with Crippen LogP contribution in [0.25, 0.3) is 0 Å². The van der Waals surface area contributed by atoms with Gasteiger partial charge in [0.15, 0.2) is 0 Å². The Labute approximate surface area is 194 Å². The maximum absolute atomic E-state index is 13.0. The van der Waals surface area contributed by atoms with E-state index in [4.69, 9.17) is 0 Å². The fourth-order valence-corrected chi connectivity index (χ4v) is 4.69. The van der Waals surface area contributed by atoms with Crippen molar-refractivity contribution in [2.45, 2.75) is 25.9 Å². The fraction of sp³-hybridized carbons (Fsp3) is 0.200. The third-order valence-electron chi connectivity index (χ3n) is 5.18. The molecule has 0 saturated heterocycles. The zero-order valence-corrected chi connectivity index (χ0v) is 19.5. The number of amides is 2. The zero-order valence-electron chi connectivity index (χ0n) is 18.7. The molecular weight excluding hydrogens is 438 g/mol. The molecule has 0 aromatic heterocycles. The molecule has 0 spiro atoms. The van der Waals surface area contributed by atoms with Gasteiger partial charge in [-0.2, -0.15) is 0 Å². The van der Waals surface area contributed by atoms with Crippen LogP contribution >= 0.6 is 0 Å². The summed E-state index contributed by atoms with van der Waals surface area (Å²) < 4.78 is 25.9. The molecule has 3 aromatic carbocycles. The summed E-state index contributed by atoms with van der Waals surface area (Å²) >= 11 is 0. The molecular formula is C25H27N3O4S. The monoisotopic (exact) mass is 465 g/mol. The van der Waals surface area contributed by atoms with E-state index >= 15 is 0 Å². The SMILES string of the molecule is CC(NC(=O)c1ccccc1NC(=O)C(C)N(c1ccccc1)S(C)(=O)=O)c1ccccc1. The topological polar surface area (TPSA) is 95.6 Å². The van der Waals surface area contributed by atoms with Crippen molar-refractivity contribution in [2.75, 3.05) is 15.9 Å². The van der Waals surface area contributed by atoms with Crippen LogP contribution in [0, 0.1) is 0 Å². The molecule has 2 atom stereocenters. The summed E-state index contributed by atoms with van der Waals surface area (Å²) in [6.45, 7) is 3.38. The molecule has 0 heterocycles. The highest BCUT2D eigenvalue weighted by Gasteiger charge is 2.29. The lowest BCUT2D eigenvalue weighted by Gasteiger charge is -2.28. The number of benzene rings is 3. The summed E-state index contributed by atoms with van der Waals surface area (Å²) in [5, 5.41) is 5.65. The predicted molar refractivity (Wildman–Crippen MR) is 131 cm³/mol. The molecule has 7 nitrogen and oxygen atoms in total. The van der Waals surface area contributed by atoms with Crippen molar-refractivity contribution < 1.29 is 18.0 Å². The van der Waals surface area contributed by atoms with Crippen LogP contribution < -0.4 is 14.9 Å². The normalized spacial score (nSPS) is 12.9. The molecule has 0 aliphatic heterocycles. The van der Waals surface area contributed by atoms with Gasteiger partial charge in [-0.25, -0.2) is 8.42 Å². The molecule has 0 radical (unpaired) electrons. The van der Waals surface area contributed by atoms with Gasteiger partial charge in [-0.15, -0.1) is 0 Å². The predicted octanol–water partition coefficient (Wildman–Crippen LogP) is 3.97. The van der Waals surface area contributed by atoms with Gasteiger partial charge in [-0.05, 0) is 43.7 Å². The minimum Gasteiger partial charge on any atom is -0.345 e. The van der Waals surface area contributed by atoms with Gasteiger partial charge in [0, 0.05) is 0 Å². The van der Waals surface area contributed by atoms with Crippen molar-refractivity contribution in [3.05, 3.63) is 96.1 Å². The first-order valence-corrected chi connectivity index (χ1v) is 12.3. The average molecular weight is 466 g/mol. The first kappa shape index (κ1) is 24.0. The molecule has 0 bridgehead atoms. The second kappa shape index (κ2) is 10.3. The lowest BCUT2D eigenvalue weighted by Crippen LogP contribution is -2.45. The van der Waals surface area contributed by atoms with Crippen molar-refractivity contribution in [3.63, 3.8) is 0 Å². The lowest BCUT2D eigenvalue weighted by atomic mass is 10.1. The van der Waals surface area contributed by atoms with Crippen LogP contribution in [0.1, 0.15) is 35.8 Å². The van der Waals surface area contributed by atoms with Crippen LogP contribution in [0.3, 0.4) is 0 Å². The highest BCUT2D eigenvalue weighted by molar-refractivity contribution is 7.92. The second-order valence-electron chi connectivity index (χ2n) is 7.71. The summed E-state index contributed by atoms with van der Waals surface area (Å²) in [4.78, 5) is 26.0. The molecule has 3 rings (SSSR count). The van der Waals surface area contributed by atoms with Crippen LogP contribution in [0.2, 0.25) is 0 Å². The number of hydrogen-bond acceptors (Lipinski definition) is 4. The van der Waals surface area contributed by atoms with Gasteiger partial charge in [0.05, 0.1) is 29.2 Å². The Balaban J connectivity index is 1.81. The maximum Gasteiger partial charge on any atom is 0.253 e. The van der Waals surface area contributed by atoms with Gasteiger partial charge in [-0.1, -0.05) is 60.7 Å². The second-order valence-corrected chi connectivity index (χ2v) is 9.57. The van der Waals surface area contributed by atoms with Gasteiger partial charge >= 0.3 is 0 Å². The fourth-order valence-electron chi connectivity index (χ4n) is 3.51. The molecule has 2 amide bonds. The van der Waals surface area contributed by atoms with Crippen molar-refractivity contribution in [1.82, 2.24) is 5.32 Å². The largest absolute Gasteiger partial charge is 0.345 e. The molecule has 2 N–H and O–H groups in total. The van der Waals surface area contributed by atoms with Crippen LogP contribution in [-0.2, 0) is 14.8 Å². The molecule has 3 aromatic rings. The van der Waals surface area contributed by atoms with E-state index in [0.717, 1.165) is 16.1 Å². The van der Waals surface area contributed by atoms with E-state index < -0.39 is 22.0 Å².